The van der Waals surface area contributed by atoms with Crippen LogP contribution in [-0.2, 0) is 19.1 Å². The highest BCUT2D eigenvalue weighted by atomic mass is 32.2. The van der Waals surface area contributed by atoms with E-state index in [0.29, 0.717) is 0 Å². The van der Waals surface area contributed by atoms with E-state index in [0.717, 1.165) is 17.6 Å². The lowest BCUT2D eigenvalue weighted by molar-refractivity contribution is -0.122. The van der Waals surface area contributed by atoms with Gasteiger partial charge in [-0.2, -0.15) is 8.42 Å². The van der Waals surface area contributed by atoms with Crippen LogP contribution in [0.15, 0.2) is 48.3 Å². The summed E-state index contributed by atoms with van der Waals surface area (Å²) in [5.41, 5.74) is 0.725. The third kappa shape index (κ3) is 5.20. The van der Waals surface area contributed by atoms with Crippen molar-refractivity contribution in [1.82, 2.24) is 4.90 Å². The Hall–Kier alpha value is -2.72. The van der Waals surface area contributed by atoms with Gasteiger partial charge in [0.2, 0.25) is 0 Å². The zero-order valence-corrected chi connectivity index (χ0v) is 13.5. The summed E-state index contributed by atoms with van der Waals surface area (Å²) in [6, 6.07) is 9.83. The van der Waals surface area contributed by atoms with E-state index < -0.39 is 10.1 Å². The summed E-state index contributed by atoms with van der Waals surface area (Å²) in [7, 11) is -2.06. The smallest absolute Gasteiger partial charge is 0.306 e. The van der Waals surface area contributed by atoms with Gasteiger partial charge in [0.15, 0.2) is 0 Å². The molecule has 0 radical (unpaired) electrons. The van der Waals surface area contributed by atoms with Gasteiger partial charge in [0.1, 0.15) is 11.5 Å². The van der Waals surface area contributed by atoms with Gasteiger partial charge >= 0.3 is 10.1 Å². The number of benzene rings is 1. The van der Waals surface area contributed by atoms with Crippen LogP contribution in [0.1, 0.15) is 5.56 Å². The summed E-state index contributed by atoms with van der Waals surface area (Å²) >= 11 is 0. The number of nitrogens with zero attached hydrogens (tertiary/aromatic N) is 1. The van der Waals surface area contributed by atoms with Crippen LogP contribution in [0.4, 0.5) is 0 Å². The molecule has 0 saturated heterocycles. The van der Waals surface area contributed by atoms with Gasteiger partial charge in [-0.05, 0) is 42.3 Å². The second kappa shape index (κ2) is 7.03. The Kier molecular flexibility index (Phi) is 5.09. The van der Waals surface area contributed by atoms with Crippen molar-refractivity contribution in [3.05, 3.63) is 53.8 Å². The lowest BCUT2D eigenvalue weighted by Gasteiger charge is -2.09. The molecule has 1 aromatic rings. The Morgan fingerprint density at radius 1 is 1.17 bits per heavy atom. The summed E-state index contributed by atoms with van der Waals surface area (Å²) in [4.78, 5) is 13.2. The number of allylic oxidation sites excluding steroid dienone is 1. The first-order chi connectivity index (χ1) is 10.9. The van der Waals surface area contributed by atoms with E-state index in [1.165, 1.54) is 23.1 Å². The van der Waals surface area contributed by atoms with Crippen LogP contribution >= 0.6 is 0 Å². The fraction of sp³-hybridized carbons (Fsp3) is 0.188. The van der Waals surface area contributed by atoms with Gasteiger partial charge in [-0.25, -0.2) is 0 Å². The lowest BCUT2D eigenvalue weighted by atomic mass is 10.2. The number of hydrogen-bond donors (Lipinski definition) is 0. The average Bonchev–Trinajstić information content (AvgIpc) is 2.67. The average molecular weight is 333 g/mol. The first-order valence-corrected chi connectivity index (χ1v) is 8.44. The van der Waals surface area contributed by atoms with E-state index in [2.05, 4.69) is 12.0 Å². The monoisotopic (exact) mass is 333 g/mol. The molecular formula is C16H15NO5S. The van der Waals surface area contributed by atoms with Crippen molar-refractivity contribution >= 4 is 16.0 Å². The van der Waals surface area contributed by atoms with Crippen molar-refractivity contribution < 1.29 is 22.1 Å². The van der Waals surface area contributed by atoms with E-state index in [9.17, 15) is 13.2 Å². The second-order valence-electron chi connectivity index (χ2n) is 4.64. The minimum Gasteiger partial charge on any atom is -0.497 e. The van der Waals surface area contributed by atoms with Crippen LogP contribution in [0.2, 0.25) is 0 Å². The highest BCUT2D eigenvalue weighted by molar-refractivity contribution is 7.86. The summed E-state index contributed by atoms with van der Waals surface area (Å²) in [6.45, 7) is 0.125. The molecule has 0 fully saturated rings. The molecule has 0 aromatic heterocycles. The first kappa shape index (κ1) is 16.6. The van der Waals surface area contributed by atoms with E-state index in [-0.39, 0.29) is 18.2 Å². The maximum Gasteiger partial charge on any atom is 0.306 e. The molecular weight excluding hydrogens is 318 g/mol. The third-order valence-corrected chi connectivity index (χ3v) is 3.30. The minimum absolute atomic E-state index is 0.0922. The van der Waals surface area contributed by atoms with E-state index in [1.807, 2.05) is 0 Å². The zero-order chi connectivity index (χ0) is 16.9. The van der Waals surface area contributed by atoms with Gasteiger partial charge in [-0.15, -0.1) is 0 Å². The number of carbonyl (C=O) groups is 1. The molecule has 0 N–H and O–H groups in total. The predicted molar refractivity (Wildman–Crippen MR) is 84.7 cm³/mol. The molecule has 0 saturated carbocycles. The number of amides is 1. The molecule has 0 spiro atoms. The van der Waals surface area contributed by atoms with Crippen LogP contribution < -0.4 is 4.74 Å². The molecule has 0 atom stereocenters. The molecule has 1 amide bonds. The van der Waals surface area contributed by atoms with Crippen molar-refractivity contribution in [2.75, 3.05) is 19.9 Å². The van der Waals surface area contributed by atoms with Gasteiger partial charge in [0, 0.05) is 17.7 Å². The van der Waals surface area contributed by atoms with Crippen LogP contribution in [0.5, 0.6) is 5.75 Å². The highest BCUT2D eigenvalue weighted by Crippen LogP contribution is 2.11. The topological polar surface area (TPSA) is 72.9 Å². The maximum absolute atomic E-state index is 11.9. The normalized spacial score (nSPS) is 14.4. The van der Waals surface area contributed by atoms with Crippen LogP contribution in [-0.4, -0.2) is 39.1 Å². The quantitative estimate of drug-likeness (QED) is 0.615. The summed E-state index contributed by atoms with van der Waals surface area (Å²) in [5, 5.41) is 0. The highest BCUT2D eigenvalue weighted by Gasteiger charge is 2.13. The van der Waals surface area contributed by atoms with Crippen molar-refractivity contribution in [3.8, 4) is 17.7 Å². The Bertz CT molecular complexity index is 810. The molecule has 0 unspecified atom stereocenters. The molecule has 1 aliphatic heterocycles. The second-order valence-corrected chi connectivity index (χ2v) is 6.22. The molecule has 1 heterocycles. The number of carbonyl (C=O) groups excluding carboxylic acids is 1. The van der Waals surface area contributed by atoms with Crippen molar-refractivity contribution in [3.63, 3.8) is 0 Å². The van der Waals surface area contributed by atoms with Crippen molar-refractivity contribution in [2.45, 2.75) is 0 Å². The molecule has 0 aliphatic carbocycles. The molecule has 7 heteroatoms. The predicted octanol–water partition coefficient (Wildman–Crippen LogP) is 1.26. The van der Waals surface area contributed by atoms with E-state index >= 15 is 0 Å². The SMILES string of the molecule is COc1ccc(C#CN2CC=C(OS(C)(=O)=O)C=CC2=O)cc1. The van der Waals surface area contributed by atoms with Crippen molar-refractivity contribution in [1.29, 1.82) is 0 Å². The van der Waals surface area contributed by atoms with Gasteiger partial charge < -0.3 is 8.92 Å². The fourth-order valence-corrected chi connectivity index (χ4v) is 2.20. The number of ether oxygens (including phenoxy) is 1. The van der Waals surface area contributed by atoms with Gasteiger partial charge in [0.05, 0.1) is 19.9 Å². The Labute approximate surface area is 135 Å². The zero-order valence-electron chi connectivity index (χ0n) is 12.6. The molecule has 6 nitrogen and oxygen atoms in total. The molecule has 1 aliphatic rings. The molecule has 120 valence electrons. The maximum atomic E-state index is 11.9. The van der Waals surface area contributed by atoms with Gasteiger partial charge in [0.25, 0.3) is 5.91 Å². The van der Waals surface area contributed by atoms with Crippen LogP contribution in [0.3, 0.4) is 0 Å². The van der Waals surface area contributed by atoms with Gasteiger partial charge in [-0.3, -0.25) is 9.69 Å². The number of methoxy groups -OCH3 is 1. The standard InChI is InChI=1S/C16H15NO5S/c1-21-14-5-3-13(4-6-14)9-11-17-12-10-15(7-8-16(17)18)22-23(2,19)20/h3-8,10H,12H2,1-2H3. The molecule has 2 rings (SSSR count). The molecule has 1 aromatic carbocycles. The third-order valence-electron chi connectivity index (χ3n) is 2.80. The summed E-state index contributed by atoms with van der Waals surface area (Å²) in [6.07, 6.45) is 4.94. The number of rotatable bonds is 3. The minimum atomic E-state index is -3.63. The van der Waals surface area contributed by atoms with Crippen LogP contribution in [0, 0.1) is 12.0 Å². The Morgan fingerprint density at radius 2 is 1.87 bits per heavy atom. The Morgan fingerprint density at radius 3 is 2.48 bits per heavy atom. The first-order valence-electron chi connectivity index (χ1n) is 6.62. The largest absolute Gasteiger partial charge is 0.497 e. The lowest BCUT2D eigenvalue weighted by Crippen LogP contribution is -2.23. The summed E-state index contributed by atoms with van der Waals surface area (Å²) in [5.74, 6) is 3.32. The summed E-state index contributed by atoms with van der Waals surface area (Å²) < 4.78 is 32.0. The molecule has 23 heavy (non-hydrogen) atoms. The van der Waals surface area contributed by atoms with Crippen LogP contribution in [0.25, 0.3) is 0 Å². The van der Waals surface area contributed by atoms with Crippen molar-refractivity contribution in [2.24, 2.45) is 0 Å². The van der Waals surface area contributed by atoms with E-state index in [1.54, 1.807) is 31.4 Å². The Balaban J connectivity index is 2.13. The number of hydrogen-bond acceptors (Lipinski definition) is 5. The van der Waals surface area contributed by atoms with E-state index in [4.69, 9.17) is 8.92 Å². The fourth-order valence-electron chi connectivity index (χ4n) is 1.73. The van der Waals surface area contributed by atoms with Gasteiger partial charge in [-0.1, -0.05) is 0 Å². The molecule has 0 bridgehead atoms.